The number of hydrogen-bond acceptors (Lipinski definition) is 8. The van der Waals surface area contributed by atoms with E-state index in [-0.39, 0.29) is 17.1 Å². The SMILES string of the molecule is CC1(C)O[C@H]2[C@@H](O1)[C@H](N1C=CC3C(Cl)=NC=NC31)O[C@@H]2[C@H](O)c1ccc(Cl)cc1CCCO[Si](C)(C)C(C)(C)C. The summed E-state index contributed by atoms with van der Waals surface area (Å²) in [4.78, 5) is 10.7. The third-order valence-electron chi connectivity index (χ3n) is 8.72. The fourth-order valence-electron chi connectivity index (χ4n) is 5.58. The fourth-order valence-corrected chi connectivity index (χ4v) is 7.09. The van der Waals surface area contributed by atoms with Gasteiger partial charge >= 0.3 is 0 Å². The number of aliphatic hydroxyl groups is 1. The molecule has 8 nitrogen and oxygen atoms in total. The number of hydrogen-bond donors (Lipinski definition) is 1. The van der Waals surface area contributed by atoms with Gasteiger partial charge in [0.2, 0.25) is 0 Å². The molecule has 4 aliphatic rings. The van der Waals surface area contributed by atoms with Crippen LogP contribution in [0.25, 0.3) is 0 Å². The monoisotopic (exact) mass is 609 g/mol. The maximum atomic E-state index is 11.8. The normalized spacial score (nSPS) is 31.9. The van der Waals surface area contributed by atoms with Crippen LogP contribution in [0.1, 0.15) is 58.3 Å². The summed E-state index contributed by atoms with van der Waals surface area (Å²) >= 11 is 12.8. The van der Waals surface area contributed by atoms with Crippen LogP contribution in [0.2, 0.25) is 23.2 Å². The van der Waals surface area contributed by atoms with E-state index in [1.54, 1.807) is 0 Å². The Bertz CT molecular complexity index is 1200. The van der Waals surface area contributed by atoms with Gasteiger partial charge in [-0.3, -0.25) is 0 Å². The van der Waals surface area contributed by atoms with Gasteiger partial charge in [0.25, 0.3) is 0 Å². The Labute approximate surface area is 248 Å². The van der Waals surface area contributed by atoms with Crippen molar-refractivity contribution in [3.63, 3.8) is 0 Å². The molecule has 0 bridgehead atoms. The van der Waals surface area contributed by atoms with Gasteiger partial charge in [-0.2, -0.15) is 0 Å². The number of rotatable bonds is 8. The lowest BCUT2D eigenvalue weighted by Crippen LogP contribution is -2.47. The molecule has 0 aromatic heterocycles. The summed E-state index contributed by atoms with van der Waals surface area (Å²) < 4.78 is 25.6. The van der Waals surface area contributed by atoms with Crippen molar-refractivity contribution in [2.24, 2.45) is 15.9 Å². The van der Waals surface area contributed by atoms with Crippen LogP contribution >= 0.6 is 23.2 Å². The molecule has 220 valence electrons. The Morgan fingerprint density at radius 3 is 2.62 bits per heavy atom. The molecular formula is C29H41Cl2N3O5Si. The van der Waals surface area contributed by atoms with Crippen LogP contribution in [-0.4, -0.2) is 72.9 Å². The number of aliphatic imine (C=N–C) groups is 2. The zero-order valence-corrected chi connectivity index (χ0v) is 26.8. The Hall–Kier alpha value is -1.30. The molecular weight excluding hydrogens is 569 g/mol. The van der Waals surface area contributed by atoms with Gasteiger partial charge in [0.15, 0.2) is 20.3 Å². The van der Waals surface area contributed by atoms with Crippen molar-refractivity contribution < 1.29 is 23.7 Å². The first kappa shape index (κ1) is 30.2. The van der Waals surface area contributed by atoms with Gasteiger partial charge in [-0.1, -0.05) is 56.1 Å². The zero-order valence-electron chi connectivity index (χ0n) is 24.3. The highest BCUT2D eigenvalue weighted by atomic mass is 35.5. The third kappa shape index (κ3) is 5.81. The summed E-state index contributed by atoms with van der Waals surface area (Å²) in [6.45, 7) is 15.7. The Morgan fingerprint density at radius 2 is 1.90 bits per heavy atom. The first-order valence-electron chi connectivity index (χ1n) is 14.0. The molecule has 1 aromatic rings. The lowest BCUT2D eigenvalue weighted by atomic mass is 9.93. The molecule has 11 heteroatoms. The maximum absolute atomic E-state index is 11.8. The van der Waals surface area contributed by atoms with Crippen LogP contribution in [0.4, 0.5) is 0 Å². The van der Waals surface area contributed by atoms with Gasteiger partial charge in [-0.05, 0) is 68.1 Å². The van der Waals surface area contributed by atoms with Crippen LogP contribution in [0.3, 0.4) is 0 Å². The topological polar surface area (TPSA) is 85.1 Å². The largest absolute Gasteiger partial charge is 0.417 e. The van der Waals surface area contributed by atoms with Gasteiger partial charge in [-0.25, -0.2) is 9.98 Å². The average molecular weight is 611 g/mol. The minimum absolute atomic E-state index is 0.149. The predicted octanol–water partition coefficient (Wildman–Crippen LogP) is 6.02. The van der Waals surface area contributed by atoms with Gasteiger partial charge in [-0.15, -0.1) is 0 Å². The first-order chi connectivity index (χ1) is 18.7. The lowest BCUT2D eigenvalue weighted by Gasteiger charge is -2.36. The van der Waals surface area contributed by atoms with E-state index in [9.17, 15) is 5.11 Å². The minimum Gasteiger partial charge on any atom is -0.417 e. The summed E-state index contributed by atoms with van der Waals surface area (Å²) in [7, 11) is -1.84. The number of nitrogens with zero attached hydrogens (tertiary/aromatic N) is 3. The summed E-state index contributed by atoms with van der Waals surface area (Å²) in [6, 6.07) is 5.62. The second-order valence-corrected chi connectivity index (χ2v) is 18.6. The van der Waals surface area contributed by atoms with Crippen molar-refractivity contribution in [3.8, 4) is 0 Å². The van der Waals surface area contributed by atoms with E-state index >= 15 is 0 Å². The lowest BCUT2D eigenvalue weighted by molar-refractivity contribution is -0.215. The average Bonchev–Trinajstić information content (AvgIpc) is 3.52. The molecule has 0 spiro atoms. The van der Waals surface area contributed by atoms with Crippen molar-refractivity contribution in [2.45, 2.75) is 108 Å². The van der Waals surface area contributed by atoms with Crippen LogP contribution in [0, 0.1) is 5.92 Å². The Balaban J connectivity index is 1.34. The Morgan fingerprint density at radius 1 is 1.18 bits per heavy atom. The Kier molecular flexibility index (Phi) is 8.35. The molecule has 1 aromatic carbocycles. The molecule has 40 heavy (non-hydrogen) atoms. The second kappa shape index (κ2) is 11.1. The molecule has 2 fully saturated rings. The van der Waals surface area contributed by atoms with Crippen molar-refractivity contribution in [2.75, 3.05) is 6.61 Å². The van der Waals surface area contributed by atoms with E-state index in [2.05, 4.69) is 43.9 Å². The highest BCUT2D eigenvalue weighted by Gasteiger charge is 2.60. The molecule has 7 atom stereocenters. The fraction of sp³-hybridized carbons (Fsp3) is 0.655. The van der Waals surface area contributed by atoms with Crippen molar-refractivity contribution >= 4 is 43.0 Å². The molecule has 2 saturated heterocycles. The first-order valence-corrected chi connectivity index (χ1v) is 17.7. The molecule has 1 N–H and O–H groups in total. The molecule has 2 unspecified atom stereocenters. The van der Waals surface area contributed by atoms with Gasteiger partial charge in [0, 0.05) is 17.8 Å². The maximum Gasteiger partial charge on any atom is 0.191 e. The molecule has 5 rings (SSSR count). The third-order valence-corrected chi connectivity index (χ3v) is 13.8. The van der Waals surface area contributed by atoms with Crippen LogP contribution in [-0.2, 0) is 25.1 Å². The number of halogens is 2. The number of aliphatic hydroxyl groups excluding tert-OH is 1. The smallest absolute Gasteiger partial charge is 0.191 e. The van der Waals surface area contributed by atoms with E-state index in [1.165, 1.54) is 6.34 Å². The zero-order chi connectivity index (χ0) is 29.0. The number of ether oxygens (including phenoxy) is 3. The van der Waals surface area contributed by atoms with E-state index in [4.69, 9.17) is 41.8 Å². The number of benzene rings is 1. The summed E-state index contributed by atoms with van der Waals surface area (Å²) in [5.41, 5.74) is 1.75. The molecule has 4 aliphatic heterocycles. The van der Waals surface area contributed by atoms with E-state index in [1.807, 2.05) is 49.2 Å². The highest BCUT2D eigenvalue weighted by molar-refractivity contribution is 6.74. The van der Waals surface area contributed by atoms with Crippen molar-refractivity contribution in [1.29, 1.82) is 0 Å². The van der Waals surface area contributed by atoms with E-state index in [0.717, 1.165) is 24.0 Å². The summed E-state index contributed by atoms with van der Waals surface area (Å²) in [5.74, 6) is -0.971. The van der Waals surface area contributed by atoms with Gasteiger partial charge in [0.05, 0.1) is 5.92 Å². The van der Waals surface area contributed by atoms with Crippen LogP contribution < -0.4 is 0 Å². The van der Waals surface area contributed by atoms with Crippen LogP contribution in [0.15, 0.2) is 40.5 Å². The standard InChI is InChI=1S/C29H41Cl2N3O5Si/c1-28(2,3)40(6,7)36-14-8-9-17-15-18(30)10-11-19(17)21(35)22-23-24(39-29(4,5)38-23)27(37-22)34-13-12-20-25(31)32-16-33-26(20)34/h10-13,15-16,20-24,26-27,35H,8-9,14H2,1-7H3/t20?,21-,22-,23-,24-,26?,27-/m1/s1. The molecule has 0 radical (unpaired) electrons. The molecule has 0 amide bonds. The highest BCUT2D eigenvalue weighted by Crippen LogP contribution is 2.46. The summed E-state index contributed by atoms with van der Waals surface area (Å²) in [5, 5.41) is 13.1. The minimum atomic E-state index is -1.84. The quantitative estimate of drug-likeness (QED) is 0.286. The molecule has 0 saturated carbocycles. The van der Waals surface area contributed by atoms with Crippen molar-refractivity contribution in [3.05, 3.63) is 46.6 Å². The second-order valence-electron chi connectivity index (χ2n) is 13.0. The predicted molar refractivity (Wildman–Crippen MR) is 160 cm³/mol. The molecule has 0 aliphatic carbocycles. The van der Waals surface area contributed by atoms with Crippen molar-refractivity contribution in [1.82, 2.24) is 4.90 Å². The number of fused-ring (bicyclic) bond motifs is 2. The molecule has 4 heterocycles. The van der Waals surface area contributed by atoms with Gasteiger partial charge in [0.1, 0.15) is 42.1 Å². The van der Waals surface area contributed by atoms with Gasteiger partial charge < -0.3 is 28.6 Å². The van der Waals surface area contributed by atoms with E-state index in [0.29, 0.717) is 16.8 Å². The summed E-state index contributed by atoms with van der Waals surface area (Å²) in [6.07, 6.45) is 3.58. The van der Waals surface area contributed by atoms with Crippen LogP contribution in [0.5, 0.6) is 0 Å². The number of aryl methyl sites for hydroxylation is 1. The van der Waals surface area contributed by atoms with E-state index < -0.39 is 44.7 Å².